The molecule has 0 saturated carbocycles. The zero-order chi connectivity index (χ0) is 21.7. The summed E-state index contributed by atoms with van der Waals surface area (Å²) in [6.07, 6.45) is 0.576. The van der Waals surface area contributed by atoms with E-state index < -0.39 is 32.0 Å². The monoisotopic (exact) mass is 433 g/mol. The molecule has 0 aromatic heterocycles. The van der Waals surface area contributed by atoms with E-state index in [4.69, 9.17) is 4.74 Å². The van der Waals surface area contributed by atoms with Crippen molar-refractivity contribution in [1.82, 2.24) is 0 Å². The quantitative estimate of drug-likeness (QED) is 0.204. The van der Waals surface area contributed by atoms with Gasteiger partial charge in [0, 0.05) is 11.6 Å². The van der Waals surface area contributed by atoms with E-state index in [1.807, 2.05) is 0 Å². The number of methoxy groups -OCH3 is 1. The number of alkyl halides is 3. The highest BCUT2D eigenvalue weighted by Gasteiger charge is 2.49. The van der Waals surface area contributed by atoms with Crippen LogP contribution in [0.15, 0.2) is 54.8 Å². The minimum atomic E-state index is -6.01. The summed E-state index contributed by atoms with van der Waals surface area (Å²) in [6, 6.07) is 11.8. The van der Waals surface area contributed by atoms with Crippen molar-refractivity contribution < 1.29 is 40.2 Å². The van der Waals surface area contributed by atoms with Gasteiger partial charge in [-0.15, -0.1) is 0 Å². The molecule has 12 heteroatoms. The van der Waals surface area contributed by atoms with Gasteiger partial charge >= 0.3 is 21.3 Å². The number of hydrogen-bond acceptors (Lipinski definition) is 7. The molecule has 0 heterocycles. The molecule has 2 aromatic carbocycles. The highest BCUT2D eigenvalue weighted by atomic mass is 32.2. The lowest BCUT2D eigenvalue weighted by Crippen LogP contribution is -2.25. The summed E-state index contributed by atoms with van der Waals surface area (Å²) in [6.45, 7) is 0.000741. The van der Waals surface area contributed by atoms with Crippen molar-refractivity contribution in [2.24, 2.45) is 0 Å². The molecular formula is C17H14F3NO7S. The minimum Gasteiger partial charge on any atom is -0.500 e. The van der Waals surface area contributed by atoms with Crippen LogP contribution in [0.4, 0.5) is 18.9 Å². The van der Waals surface area contributed by atoms with Gasteiger partial charge in [-0.3, -0.25) is 10.1 Å². The predicted molar refractivity (Wildman–Crippen MR) is 94.9 cm³/mol. The van der Waals surface area contributed by atoms with Gasteiger partial charge in [-0.05, 0) is 17.7 Å². The maximum absolute atomic E-state index is 12.6. The maximum Gasteiger partial charge on any atom is 0.534 e. The number of benzene rings is 2. The first kappa shape index (κ1) is 22.0. The maximum atomic E-state index is 12.6. The first-order valence-electron chi connectivity index (χ1n) is 7.74. The minimum absolute atomic E-state index is 0.000741. The Morgan fingerprint density at radius 2 is 1.83 bits per heavy atom. The number of nitrogens with zero attached hydrogens (tertiary/aromatic N) is 1. The summed E-state index contributed by atoms with van der Waals surface area (Å²) in [5.74, 6) is -1.06. The molecular weight excluding hydrogens is 419 g/mol. The van der Waals surface area contributed by atoms with Crippen molar-refractivity contribution in [2.75, 3.05) is 7.11 Å². The Morgan fingerprint density at radius 3 is 2.38 bits per heavy atom. The fourth-order valence-corrected chi connectivity index (χ4v) is 2.55. The van der Waals surface area contributed by atoms with Gasteiger partial charge in [0.2, 0.25) is 0 Å². The molecule has 0 atom stereocenters. The Labute approximate surface area is 163 Å². The number of ether oxygens (including phenoxy) is 2. The molecule has 8 nitrogen and oxygen atoms in total. The van der Waals surface area contributed by atoms with Crippen LogP contribution >= 0.6 is 0 Å². The second-order valence-corrected chi connectivity index (χ2v) is 6.95. The number of nitro benzene ring substituents is 1. The van der Waals surface area contributed by atoms with Crippen molar-refractivity contribution in [3.05, 3.63) is 76.0 Å². The summed E-state index contributed by atoms with van der Waals surface area (Å²) in [4.78, 5) is 10.5. The Kier molecular flexibility index (Phi) is 6.69. The zero-order valence-electron chi connectivity index (χ0n) is 14.8. The molecule has 0 radical (unpaired) electrons. The average Bonchev–Trinajstić information content (AvgIpc) is 2.65. The summed E-state index contributed by atoms with van der Waals surface area (Å²) in [5.41, 5.74) is -5.90. The van der Waals surface area contributed by atoms with Crippen LogP contribution in [0.5, 0.6) is 5.75 Å². The van der Waals surface area contributed by atoms with E-state index in [1.54, 1.807) is 30.3 Å². The van der Waals surface area contributed by atoms with E-state index >= 15 is 0 Å². The molecule has 29 heavy (non-hydrogen) atoms. The van der Waals surface area contributed by atoms with Gasteiger partial charge in [0.05, 0.1) is 12.0 Å². The molecule has 0 N–H and O–H groups in total. The number of hydrogen-bond donors (Lipinski definition) is 0. The third-order valence-electron chi connectivity index (χ3n) is 3.39. The molecule has 0 amide bonds. The molecule has 0 saturated heterocycles. The topological polar surface area (TPSA) is 105 Å². The number of rotatable bonds is 8. The summed E-state index contributed by atoms with van der Waals surface area (Å²) in [7, 11) is -4.97. The van der Waals surface area contributed by atoms with Crippen molar-refractivity contribution in [2.45, 2.75) is 12.1 Å². The molecule has 0 bridgehead atoms. The predicted octanol–water partition coefficient (Wildman–Crippen LogP) is 3.98. The van der Waals surface area contributed by atoms with Crippen LogP contribution in [0.3, 0.4) is 0 Å². The van der Waals surface area contributed by atoms with Gasteiger partial charge in [0.25, 0.3) is 0 Å². The van der Waals surface area contributed by atoms with Crippen molar-refractivity contribution >= 4 is 21.6 Å². The smallest absolute Gasteiger partial charge is 0.500 e. The molecule has 0 aliphatic carbocycles. The molecule has 156 valence electrons. The van der Waals surface area contributed by atoms with Crippen molar-refractivity contribution in [3.8, 4) is 5.75 Å². The van der Waals surface area contributed by atoms with Gasteiger partial charge in [0.15, 0.2) is 11.5 Å². The average molecular weight is 433 g/mol. The fraction of sp³-hybridized carbons (Fsp3) is 0.176. The highest BCUT2D eigenvalue weighted by molar-refractivity contribution is 7.87. The van der Waals surface area contributed by atoms with Crippen LogP contribution in [0.25, 0.3) is 5.76 Å². The first-order valence-corrected chi connectivity index (χ1v) is 9.15. The van der Waals surface area contributed by atoms with E-state index in [0.717, 1.165) is 30.9 Å². The molecule has 0 unspecified atom stereocenters. The second-order valence-electron chi connectivity index (χ2n) is 5.41. The summed E-state index contributed by atoms with van der Waals surface area (Å²) in [5, 5.41) is 11.3. The Balaban J connectivity index is 2.36. The normalized spacial score (nSPS) is 12.3. The standard InChI is InChI=1S/C17H14F3NO7S/c1-26-11-16(28-29(24,25)17(18,19)20)13-7-8-15(14(9-13)21(22)23)27-10-12-5-3-2-4-6-12/h2-9,11H,10H2,1H3/b16-11-. The van der Waals surface area contributed by atoms with Crippen LogP contribution in [0.1, 0.15) is 11.1 Å². The Bertz CT molecular complexity index is 1010. The Morgan fingerprint density at radius 1 is 1.17 bits per heavy atom. The van der Waals surface area contributed by atoms with Crippen molar-refractivity contribution in [3.63, 3.8) is 0 Å². The summed E-state index contributed by atoms with van der Waals surface area (Å²) >= 11 is 0. The highest BCUT2D eigenvalue weighted by Crippen LogP contribution is 2.34. The third kappa shape index (κ3) is 5.60. The van der Waals surface area contributed by atoms with Crippen LogP contribution in [0.2, 0.25) is 0 Å². The number of halogens is 3. The molecule has 0 fully saturated rings. The second kappa shape index (κ2) is 8.82. The number of nitro groups is 1. The lowest BCUT2D eigenvalue weighted by Gasteiger charge is -2.13. The lowest BCUT2D eigenvalue weighted by atomic mass is 10.1. The SMILES string of the molecule is CO/C=C(\OS(=O)(=O)C(F)(F)F)c1ccc(OCc2ccccc2)c([N+](=O)[O-])c1. The first-order chi connectivity index (χ1) is 13.5. The zero-order valence-corrected chi connectivity index (χ0v) is 15.6. The van der Waals surface area contributed by atoms with Gasteiger partial charge in [-0.1, -0.05) is 30.3 Å². The van der Waals surface area contributed by atoms with Gasteiger partial charge in [-0.2, -0.15) is 21.6 Å². The van der Waals surface area contributed by atoms with Crippen LogP contribution in [-0.2, 0) is 25.6 Å². The third-order valence-corrected chi connectivity index (χ3v) is 4.35. The molecule has 0 aliphatic rings. The van der Waals surface area contributed by atoms with E-state index in [9.17, 15) is 31.7 Å². The van der Waals surface area contributed by atoms with Crippen LogP contribution < -0.4 is 4.74 Å². The van der Waals surface area contributed by atoms with Crippen LogP contribution in [-0.4, -0.2) is 26.0 Å². The van der Waals surface area contributed by atoms with Crippen molar-refractivity contribution in [1.29, 1.82) is 0 Å². The lowest BCUT2D eigenvalue weighted by molar-refractivity contribution is -0.386. The molecule has 2 rings (SSSR count). The van der Waals surface area contributed by atoms with Gasteiger partial charge in [-0.25, -0.2) is 0 Å². The van der Waals surface area contributed by atoms with Gasteiger partial charge < -0.3 is 13.7 Å². The fourth-order valence-electron chi connectivity index (χ4n) is 2.08. The largest absolute Gasteiger partial charge is 0.534 e. The van der Waals surface area contributed by atoms with E-state index in [0.29, 0.717) is 6.26 Å². The van der Waals surface area contributed by atoms with E-state index in [-0.39, 0.29) is 17.9 Å². The van der Waals surface area contributed by atoms with Crippen LogP contribution in [0, 0.1) is 10.1 Å². The van der Waals surface area contributed by atoms with Gasteiger partial charge in [0.1, 0.15) is 12.9 Å². The van der Waals surface area contributed by atoms with E-state index in [1.165, 1.54) is 0 Å². The molecule has 0 spiro atoms. The molecule has 0 aliphatic heterocycles. The summed E-state index contributed by atoms with van der Waals surface area (Å²) < 4.78 is 74.2. The Hall–Kier alpha value is -3.28. The van der Waals surface area contributed by atoms with E-state index in [2.05, 4.69) is 8.92 Å². The molecule has 2 aromatic rings.